The van der Waals surface area contributed by atoms with E-state index in [4.69, 9.17) is 9.72 Å². The van der Waals surface area contributed by atoms with Crippen LogP contribution in [0.3, 0.4) is 0 Å². The van der Waals surface area contributed by atoms with E-state index in [1.54, 1.807) is 0 Å². The minimum Gasteiger partial charge on any atom is -0.393 e. The molecule has 2 aromatic rings. The molecule has 26 heavy (non-hydrogen) atoms. The molecular formula is C18H26N6O2. The van der Waals surface area contributed by atoms with Crippen LogP contribution in [0.1, 0.15) is 30.1 Å². The van der Waals surface area contributed by atoms with Crippen molar-refractivity contribution in [1.29, 1.82) is 0 Å². The van der Waals surface area contributed by atoms with Crippen LogP contribution in [0.25, 0.3) is 0 Å². The van der Waals surface area contributed by atoms with Crippen molar-refractivity contribution < 1.29 is 9.84 Å². The third-order valence-corrected chi connectivity index (χ3v) is 5.14. The van der Waals surface area contributed by atoms with Gasteiger partial charge in [-0.15, -0.1) is 0 Å². The van der Waals surface area contributed by atoms with E-state index in [9.17, 15) is 5.11 Å². The Morgan fingerprint density at radius 3 is 2.69 bits per heavy atom. The molecular weight excluding hydrogens is 332 g/mol. The van der Waals surface area contributed by atoms with E-state index in [2.05, 4.69) is 20.3 Å². The van der Waals surface area contributed by atoms with Gasteiger partial charge in [-0.05, 0) is 25.7 Å². The summed E-state index contributed by atoms with van der Waals surface area (Å²) in [5.41, 5.74) is 2.05. The molecule has 4 rings (SSSR count). The number of hydrogen-bond acceptors (Lipinski definition) is 7. The Hall–Kier alpha value is -2.19. The van der Waals surface area contributed by atoms with Crippen molar-refractivity contribution in [2.75, 3.05) is 36.5 Å². The number of morpholine rings is 1. The fourth-order valence-corrected chi connectivity index (χ4v) is 3.67. The average Bonchev–Trinajstić information content (AvgIpc) is 3.04. The van der Waals surface area contributed by atoms with Gasteiger partial charge in [-0.1, -0.05) is 0 Å². The summed E-state index contributed by atoms with van der Waals surface area (Å²) in [4.78, 5) is 11.5. The lowest BCUT2D eigenvalue weighted by atomic mass is 9.75. The van der Waals surface area contributed by atoms with Gasteiger partial charge in [-0.25, -0.2) is 4.98 Å². The monoisotopic (exact) mass is 358 g/mol. The van der Waals surface area contributed by atoms with Gasteiger partial charge in [0, 0.05) is 43.7 Å². The summed E-state index contributed by atoms with van der Waals surface area (Å²) in [6, 6.07) is 2.06. The number of aryl methyl sites for hydroxylation is 2. The van der Waals surface area contributed by atoms with E-state index in [1.165, 1.54) is 0 Å². The molecule has 1 aliphatic heterocycles. The number of ether oxygens (including phenoxy) is 1. The van der Waals surface area contributed by atoms with Gasteiger partial charge in [-0.2, -0.15) is 10.1 Å². The summed E-state index contributed by atoms with van der Waals surface area (Å²) in [7, 11) is 1.92. The molecule has 2 fully saturated rings. The van der Waals surface area contributed by atoms with E-state index in [-0.39, 0.29) is 12.1 Å². The van der Waals surface area contributed by atoms with Crippen molar-refractivity contribution >= 4 is 11.8 Å². The standard InChI is InChI=1S/C18H26N6O2/c1-12-7-16(22-18(20-12)24-3-5-26-6-4-24)21-17(13-8-15(25)9-13)14-10-19-23(2)11-14/h7,10-11,13,15,17,25H,3-6,8-9H2,1-2H3,(H,20,21,22)/t13?,15?,17-/m1/s1. The van der Waals surface area contributed by atoms with E-state index in [0.717, 1.165) is 49.0 Å². The average molecular weight is 358 g/mol. The van der Waals surface area contributed by atoms with Crippen LogP contribution < -0.4 is 10.2 Å². The Labute approximate surface area is 153 Å². The summed E-state index contributed by atoms with van der Waals surface area (Å²) < 4.78 is 7.23. The van der Waals surface area contributed by atoms with Crippen LogP contribution in [0.2, 0.25) is 0 Å². The molecule has 8 nitrogen and oxygen atoms in total. The quantitative estimate of drug-likeness (QED) is 0.832. The molecule has 2 aliphatic rings. The van der Waals surface area contributed by atoms with Crippen molar-refractivity contribution in [3.8, 4) is 0 Å². The van der Waals surface area contributed by atoms with Gasteiger partial charge in [0.05, 0.1) is 31.6 Å². The number of nitrogens with zero attached hydrogens (tertiary/aromatic N) is 5. The number of hydrogen-bond donors (Lipinski definition) is 2. The minimum atomic E-state index is -0.197. The van der Waals surface area contributed by atoms with Gasteiger partial charge < -0.3 is 20.1 Å². The lowest BCUT2D eigenvalue weighted by molar-refractivity contribution is 0.0339. The maximum Gasteiger partial charge on any atom is 0.227 e. The fourth-order valence-electron chi connectivity index (χ4n) is 3.67. The first-order valence-corrected chi connectivity index (χ1v) is 9.20. The summed E-state index contributed by atoms with van der Waals surface area (Å²) in [6.45, 7) is 5.02. The highest BCUT2D eigenvalue weighted by molar-refractivity contribution is 5.46. The number of rotatable bonds is 5. The van der Waals surface area contributed by atoms with Gasteiger partial charge in [0.15, 0.2) is 0 Å². The molecule has 140 valence electrons. The highest BCUT2D eigenvalue weighted by Crippen LogP contribution is 2.39. The lowest BCUT2D eigenvalue weighted by Gasteiger charge is -2.38. The molecule has 1 saturated carbocycles. The Bertz CT molecular complexity index is 752. The van der Waals surface area contributed by atoms with Gasteiger partial charge in [-0.3, -0.25) is 4.68 Å². The van der Waals surface area contributed by atoms with E-state index in [0.29, 0.717) is 19.1 Å². The predicted molar refractivity (Wildman–Crippen MR) is 98.1 cm³/mol. The second kappa shape index (κ2) is 7.20. The third-order valence-electron chi connectivity index (χ3n) is 5.14. The SMILES string of the molecule is Cc1cc(N[C@@H](c2cnn(C)c2)C2CC(O)C2)nc(N2CCOCC2)n1. The molecule has 3 heterocycles. The van der Waals surface area contributed by atoms with Gasteiger partial charge >= 0.3 is 0 Å². The second-order valence-corrected chi connectivity index (χ2v) is 7.25. The number of aliphatic hydroxyl groups excluding tert-OH is 1. The highest BCUT2D eigenvalue weighted by atomic mass is 16.5. The van der Waals surface area contributed by atoms with Gasteiger partial charge in [0.2, 0.25) is 5.95 Å². The Kier molecular flexibility index (Phi) is 4.78. The zero-order valence-corrected chi connectivity index (χ0v) is 15.3. The first-order valence-electron chi connectivity index (χ1n) is 9.20. The molecule has 0 amide bonds. The van der Waals surface area contributed by atoms with Crippen LogP contribution in [-0.4, -0.2) is 57.3 Å². The van der Waals surface area contributed by atoms with Gasteiger partial charge in [0.1, 0.15) is 5.82 Å². The molecule has 0 bridgehead atoms. The summed E-state index contributed by atoms with van der Waals surface area (Å²) in [5.74, 6) is 1.93. The van der Waals surface area contributed by atoms with Crippen LogP contribution in [0.15, 0.2) is 18.5 Å². The predicted octanol–water partition coefficient (Wildman–Crippen LogP) is 1.28. The first-order chi connectivity index (χ1) is 12.6. The number of aliphatic hydroxyl groups is 1. The van der Waals surface area contributed by atoms with Crippen molar-refractivity contribution in [2.45, 2.75) is 31.9 Å². The molecule has 0 radical (unpaired) electrons. The second-order valence-electron chi connectivity index (χ2n) is 7.25. The molecule has 8 heteroatoms. The smallest absolute Gasteiger partial charge is 0.227 e. The van der Waals surface area contributed by atoms with Crippen LogP contribution in [0.4, 0.5) is 11.8 Å². The number of anilines is 2. The molecule has 1 atom stereocenters. The maximum atomic E-state index is 9.75. The third kappa shape index (κ3) is 3.66. The van der Waals surface area contributed by atoms with E-state index < -0.39 is 0 Å². The molecule has 2 N–H and O–H groups in total. The Balaban J connectivity index is 1.57. The normalized spacial score (nSPS) is 24.2. The van der Waals surface area contributed by atoms with E-state index >= 15 is 0 Å². The zero-order chi connectivity index (χ0) is 18.1. The van der Waals surface area contributed by atoms with Crippen LogP contribution >= 0.6 is 0 Å². The summed E-state index contributed by atoms with van der Waals surface area (Å²) in [5, 5.41) is 17.6. The van der Waals surface area contributed by atoms with E-state index in [1.807, 2.05) is 37.1 Å². The Morgan fingerprint density at radius 2 is 2.04 bits per heavy atom. The van der Waals surface area contributed by atoms with Gasteiger partial charge in [0.25, 0.3) is 0 Å². The van der Waals surface area contributed by atoms with Crippen LogP contribution in [0, 0.1) is 12.8 Å². The topological polar surface area (TPSA) is 88.3 Å². The molecule has 0 unspecified atom stereocenters. The maximum absolute atomic E-state index is 9.75. The molecule has 1 saturated heterocycles. The van der Waals surface area contributed by atoms with Crippen LogP contribution in [-0.2, 0) is 11.8 Å². The molecule has 0 spiro atoms. The van der Waals surface area contributed by atoms with Crippen molar-refractivity contribution in [1.82, 2.24) is 19.7 Å². The van der Waals surface area contributed by atoms with Crippen molar-refractivity contribution in [3.63, 3.8) is 0 Å². The highest BCUT2D eigenvalue weighted by Gasteiger charge is 2.35. The first kappa shape index (κ1) is 17.2. The zero-order valence-electron chi connectivity index (χ0n) is 15.3. The van der Waals surface area contributed by atoms with Crippen LogP contribution in [0.5, 0.6) is 0 Å². The summed E-state index contributed by atoms with van der Waals surface area (Å²) in [6.07, 6.45) is 5.32. The fraction of sp³-hybridized carbons (Fsp3) is 0.611. The largest absolute Gasteiger partial charge is 0.393 e. The van der Waals surface area contributed by atoms with Crippen molar-refractivity contribution in [3.05, 3.63) is 29.7 Å². The lowest BCUT2D eigenvalue weighted by Crippen LogP contribution is -2.38. The Morgan fingerprint density at radius 1 is 1.27 bits per heavy atom. The number of nitrogens with one attached hydrogen (secondary N) is 1. The van der Waals surface area contributed by atoms with Crippen molar-refractivity contribution in [2.24, 2.45) is 13.0 Å². The molecule has 1 aliphatic carbocycles. The number of aromatic nitrogens is 4. The molecule has 0 aromatic carbocycles. The minimum absolute atomic E-state index is 0.0824. The molecule has 2 aromatic heterocycles. The summed E-state index contributed by atoms with van der Waals surface area (Å²) >= 11 is 0.